The van der Waals surface area contributed by atoms with Crippen LogP contribution in [0, 0.1) is 6.92 Å². The van der Waals surface area contributed by atoms with Gasteiger partial charge in [0.2, 0.25) is 0 Å². The predicted molar refractivity (Wildman–Crippen MR) is 131 cm³/mol. The summed E-state index contributed by atoms with van der Waals surface area (Å²) in [5.41, 5.74) is 7.15. The van der Waals surface area contributed by atoms with E-state index in [1.165, 1.54) is 19.3 Å². The van der Waals surface area contributed by atoms with E-state index in [0.717, 1.165) is 84.8 Å². The highest BCUT2D eigenvalue weighted by Crippen LogP contribution is 2.33. The first-order valence-electron chi connectivity index (χ1n) is 11.9. The molecule has 0 spiro atoms. The smallest absolute Gasteiger partial charge is 0.256 e. The summed E-state index contributed by atoms with van der Waals surface area (Å²) in [6, 6.07) is 5.91. The number of aromatic nitrogens is 1. The molecule has 1 saturated heterocycles. The van der Waals surface area contributed by atoms with Crippen molar-refractivity contribution < 1.29 is 9.59 Å². The summed E-state index contributed by atoms with van der Waals surface area (Å²) in [7, 11) is 2.02. The van der Waals surface area contributed by atoms with E-state index in [1.54, 1.807) is 0 Å². The van der Waals surface area contributed by atoms with Gasteiger partial charge in [-0.15, -0.1) is 0 Å². The molecule has 6 nitrogen and oxygen atoms in total. The fourth-order valence-electron chi connectivity index (χ4n) is 5.38. The number of rotatable bonds is 4. The van der Waals surface area contributed by atoms with Gasteiger partial charge in [-0.2, -0.15) is 0 Å². The first-order valence-corrected chi connectivity index (χ1v) is 11.9. The van der Waals surface area contributed by atoms with Crippen molar-refractivity contribution in [1.29, 1.82) is 0 Å². The van der Waals surface area contributed by atoms with Crippen LogP contribution in [0.3, 0.4) is 0 Å². The van der Waals surface area contributed by atoms with Gasteiger partial charge in [-0.1, -0.05) is 24.0 Å². The Morgan fingerprint density at radius 1 is 1.03 bits per heavy atom. The number of nitrogens with one attached hydrogen (secondary N) is 2. The van der Waals surface area contributed by atoms with Gasteiger partial charge in [0.05, 0.1) is 11.1 Å². The Hall–Kier alpha value is -2.80. The van der Waals surface area contributed by atoms with E-state index in [1.807, 2.05) is 43.9 Å². The monoisotopic (exact) mass is 430 g/mol. The molecule has 1 aromatic carbocycles. The Bertz CT molecular complexity index is 1100. The van der Waals surface area contributed by atoms with Crippen molar-refractivity contribution >= 4 is 42.5 Å². The fourth-order valence-corrected chi connectivity index (χ4v) is 5.38. The zero-order valence-electron chi connectivity index (χ0n) is 19.1. The van der Waals surface area contributed by atoms with Gasteiger partial charge >= 0.3 is 0 Å². The lowest BCUT2D eigenvalue weighted by Gasteiger charge is -2.29. The lowest BCUT2D eigenvalue weighted by Crippen LogP contribution is -2.40. The summed E-state index contributed by atoms with van der Waals surface area (Å²) in [5, 5.41) is 2.96. The molecule has 3 aliphatic heterocycles. The van der Waals surface area contributed by atoms with E-state index in [2.05, 4.69) is 15.2 Å². The molecule has 166 valence electrons. The topological polar surface area (TPSA) is 68.4 Å². The molecular weight excluding hydrogens is 399 g/mol. The number of piperidine rings is 1. The highest BCUT2D eigenvalue weighted by Gasteiger charge is 2.30. The number of aryl methyl sites for hydroxylation is 1. The number of hydrogen-bond donors (Lipinski definition) is 2. The van der Waals surface area contributed by atoms with Gasteiger partial charge in [-0.25, -0.2) is 0 Å². The van der Waals surface area contributed by atoms with Gasteiger partial charge in [0.25, 0.3) is 11.8 Å². The molecule has 2 N–H and O–H groups in total. The van der Waals surface area contributed by atoms with Crippen LogP contribution in [0.2, 0.25) is 0 Å². The van der Waals surface area contributed by atoms with Crippen LogP contribution < -0.4 is 10.8 Å². The molecule has 2 aromatic rings. The van der Waals surface area contributed by atoms with Gasteiger partial charge in [-0.05, 0) is 63.4 Å². The highest BCUT2D eigenvalue weighted by atomic mass is 16.2. The molecular formula is C25H31BN4O2. The summed E-state index contributed by atoms with van der Waals surface area (Å²) in [6.07, 6.45) is 7.59. The first kappa shape index (κ1) is 21.1. The summed E-state index contributed by atoms with van der Waals surface area (Å²) in [4.78, 5) is 34.2. The minimum atomic E-state index is -0.0898. The van der Waals surface area contributed by atoms with E-state index in [9.17, 15) is 9.59 Å². The zero-order valence-corrected chi connectivity index (χ0v) is 19.1. The molecule has 0 saturated carbocycles. The average Bonchev–Trinajstić information content (AvgIpc) is 3.22. The van der Waals surface area contributed by atoms with Crippen molar-refractivity contribution in [1.82, 2.24) is 14.8 Å². The number of carbonyl (C=O) groups is 2. The number of aromatic amines is 1. The number of amides is 2. The first-order chi connectivity index (χ1) is 15.5. The number of hydrogen-bond acceptors (Lipinski definition) is 3. The average molecular weight is 430 g/mol. The molecule has 7 heteroatoms. The Balaban J connectivity index is 1.42. The maximum Gasteiger partial charge on any atom is 0.256 e. The molecule has 4 heterocycles. The van der Waals surface area contributed by atoms with Crippen LogP contribution in [0.5, 0.6) is 0 Å². The second-order valence-electron chi connectivity index (χ2n) is 9.32. The van der Waals surface area contributed by atoms with E-state index in [4.69, 9.17) is 0 Å². The van der Waals surface area contributed by atoms with Gasteiger partial charge in [-0.3, -0.25) is 9.59 Å². The molecule has 1 aromatic heterocycles. The van der Waals surface area contributed by atoms with Crippen LogP contribution in [-0.2, 0) is 11.2 Å². The van der Waals surface area contributed by atoms with Crippen LogP contribution in [0.1, 0.15) is 58.6 Å². The van der Waals surface area contributed by atoms with Gasteiger partial charge in [0.15, 0.2) is 0 Å². The fraction of sp³-hybridized carbons (Fsp3) is 0.440. The Morgan fingerprint density at radius 2 is 1.84 bits per heavy atom. The maximum atomic E-state index is 13.5. The molecule has 32 heavy (non-hydrogen) atoms. The Morgan fingerprint density at radius 3 is 2.66 bits per heavy atom. The van der Waals surface area contributed by atoms with E-state index in [-0.39, 0.29) is 11.8 Å². The van der Waals surface area contributed by atoms with E-state index in [0.29, 0.717) is 5.57 Å². The maximum absolute atomic E-state index is 13.5. The van der Waals surface area contributed by atoms with Crippen molar-refractivity contribution in [2.24, 2.45) is 0 Å². The highest BCUT2D eigenvalue weighted by molar-refractivity contribution is 6.44. The second-order valence-corrected chi connectivity index (χ2v) is 9.32. The molecule has 0 unspecified atom stereocenters. The van der Waals surface area contributed by atoms with Crippen molar-refractivity contribution in [2.75, 3.05) is 38.0 Å². The molecule has 0 radical (unpaired) electrons. The molecule has 3 aliphatic rings. The summed E-state index contributed by atoms with van der Waals surface area (Å²) in [5.74, 6) is 0.0355. The van der Waals surface area contributed by atoms with Crippen LogP contribution in [0.15, 0.2) is 18.2 Å². The van der Waals surface area contributed by atoms with Crippen LogP contribution in [0.4, 0.5) is 5.69 Å². The van der Waals surface area contributed by atoms with Crippen LogP contribution in [0.25, 0.3) is 11.6 Å². The third-order valence-corrected chi connectivity index (χ3v) is 7.18. The summed E-state index contributed by atoms with van der Waals surface area (Å²) < 4.78 is 0. The number of anilines is 1. The summed E-state index contributed by atoms with van der Waals surface area (Å²) in [6.45, 7) is 6.85. The molecule has 0 atom stereocenters. The zero-order chi connectivity index (χ0) is 22.2. The number of likely N-dealkylation sites (tertiary alicyclic amines) is 1. The lowest BCUT2D eigenvalue weighted by molar-refractivity contribution is -0.110. The molecule has 0 bridgehead atoms. The van der Waals surface area contributed by atoms with Crippen molar-refractivity contribution in [3.63, 3.8) is 0 Å². The SMILES string of the molecule is Bc1cccc2c1/C(=C/c1[nH]c3c(c1C)C(=O)N(CCN1CCCCC1)CCC3)C(=O)N2. The van der Waals surface area contributed by atoms with E-state index >= 15 is 0 Å². The number of nitrogens with zero attached hydrogens (tertiary/aromatic N) is 2. The largest absolute Gasteiger partial charge is 0.358 e. The lowest BCUT2D eigenvalue weighted by atomic mass is 9.87. The second kappa shape index (κ2) is 8.62. The van der Waals surface area contributed by atoms with Gasteiger partial charge in [0.1, 0.15) is 7.85 Å². The molecule has 5 rings (SSSR count). The van der Waals surface area contributed by atoms with Crippen molar-refractivity contribution in [3.8, 4) is 0 Å². The number of carbonyl (C=O) groups excluding carboxylic acids is 2. The van der Waals surface area contributed by atoms with Crippen LogP contribution in [-0.4, -0.2) is 67.2 Å². The van der Waals surface area contributed by atoms with Crippen molar-refractivity contribution in [3.05, 3.63) is 46.3 Å². The third-order valence-electron chi connectivity index (χ3n) is 7.18. The minimum absolute atomic E-state index is 0.0898. The molecule has 1 fully saturated rings. The summed E-state index contributed by atoms with van der Waals surface area (Å²) >= 11 is 0. The number of H-pyrrole nitrogens is 1. The quantitative estimate of drug-likeness (QED) is 0.576. The molecule has 0 aliphatic carbocycles. The molecule has 2 amide bonds. The normalized spacial score (nSPS) is 20.3. The van der Waals surface area contributed by atoms with E-state index < -0.39 is 0 Å². The predicted octanol–water partition coefficient (Wildman–Crippen LogP) is 1.95. The third kappa shape index (κ3) is 3.79. The van der Waals surface area contributed by atoms with Crippen LogP contribution >= 0.6 is 0 Å². The Labute approximate surface area is 190 Å². The number of benzene rings is 1. The standard InChI is InChI=1S/C25H31BN4O2/c1-16-21(15-17-23-18(26)7-5-8-20(23)28-24(17)31)27-19-9-6-12-30(25(32)22(16)19)14-13-29-10-3-2-4-11-29/h5,7-8,15,27H,2-4,6,9-14,26H2,1H3,(H,28,31)/b17-15-. The minimum Gasteiger partial charge on any atom is -0.358 e. The van der Waals surface area contributed by atoms with Gasteiger partial charge < -0.3 is 20.1 Å². The van der Waals surface area contributed by atoms with Gasteiger partial charge in [0, 0.05) is 42.3 Å². The Kier molecular flexibility index (Phi) is 5.68. The number of fused-ring (bicyclic) bond motifs is 2. The van der Waals surface area contributed by atoms with Crippen molar-refractivity contribution in [2.45, 2.75) is 39.0 Å².